The van der Waals surface area contributed by atoms with Crippen molar-refractivity contribution >= 4 is 0 Å². The van der Waals surface area contributed by atoms with E-state index in [4.69, 9.17) is 0 Å². The number of hydrogen-bond donors (Lipinski definition) is 1. The van der Waals surface area contributed by atoms with Gasteiger partial charge in [0.05, 0.1) is 0 Å². The fourth-order valence-corrected chi connectivity index (χ4v) is 3.07. The van der Waals surface area contributed by atoms with E-state index in [1.54, 1.807) is 5.56 Å². The molecule has 0 aromatic heterocycles. The Morgan fingerprint density at radius 2 is 1.71 bits per heavy atom. The maximum absolute atomic E-state index is 3.57. The molecule has 0 saturated heterocycles. The Labute approximate surface area is 106 Å². The molecule has 2 rings (SSSR count). The van der Waals surface area contributed by atoms with E-state index in [-0.39, 0.29) is 0 Å². The van der Waals surface area contributed by atoms with Crippen LogP contribution in [-0.4, -0.2) is 13.1 Å². The number of nitrogens with one attached hydrogen (secondary N) is 1. The molecule has 0 unspecified atom stereocenters. The Hall–Kier alpha value is -0.820. The fourth-order valence-electron chi connectivity index (χ4n) is 3.07. The highest BCUT2D eigenvalue weighted by atomic mass is 14.9. The van der Waals surface area contributed by atoms with Gasteiger partial charge in [0, 0.05) is 12.0 Å². The summed E-state index contributed by atoms with van der Waals surface area (Å²) in [5, 5.41) is 3.57. The molecule has 1 aromatic carbocycles. The first-order valence-electron chi connectivity index (χ1n) is 7.05. The van der Waals surface area contributed by atoms with Gasteiger partial charge in [0.15, 0.2) is 0 Å². The molecular weight excluding hydrogens is 206 g/mol. The first-order valence-corrected chi connectivity index (χ1v) is 7.05. The van der Waals surface area contributed by atoms with Crippen LogP contribution in [0.5, 0.6) is 0 Å². The minimum Gasteiger partial charge on any atom is -0.316 e. The second-order valence-corrected chi connectivity index (χ2v) is 5.49. The summed E-state index contributed by atoms with van der Waals surface area (Å²) in [7, 11) is 0. The van der Waals surface area contributed by atoms with Crippen LogP contribution in [0.4, 0.5) is 0 Å². The summed E-state index contributed by atoms with van der Waals surface area (Å²) in [6.45, 7) is 6.59. The lowest BCUT2D eigenvalue weighted by molar-refractivity contribution is 0.282. The maximum Gasteiger partial charge on any atom is 0.00777 e. The van der Waals surface area contributed by atoms with Crippen molar-refractivity contribution < 1.29 is 0 Å². The van der Waals surface area contributed by atoms with Crippen LogP contribution >= 0.6 is 0 Å². The molecule has 1 nitrogen and oxygen atoms in total. The Balaban J connectivity index is 2.21. The number of hydrogen-bond acceptors (Lipinski definition) is 1. The first kappa shape index (κ1) is 12.6. The molecule has 0 amide bonds. The van der Waals surface area contributed by atoms with Crippen molar-refractivity contribution in [1.82, 2.24) is 5.32 Å². The quantitative estimate of drug-likeness (QED) is 0.831. The summed E-state index contributed by atoms with van der Waals surface area (Å²) in [4.78, 5) is 0. The summed E-state index contributed by atoms with van der Waals surface area (Å²) in [6.07, 6.45) is 6.89. The summed E-state index contributed by atoms with van der Waals surface area (Å²) in [5.74, 6) is 0. The molecule has 1 N–H and O–H groups in total. The molecule has 0 aliphatic heterocycles. The van der Waals surface area contributed by atoms with Crippen LogP contribution in [0.2, 0.25) is 0 Å². The average molecular weight is 231 g/mol. The van der Waals surface area contributed by atoms with Crippen molar-refractivity contribution in [2.45, 2.75) is 51.4 Å². The van der Waals surface area contributed by atoms with Crippen molar-refractivity contribution in [3.05, 3.63) is 35.4 Å². The van der Waals surface area contributed by atoms with E-state index in [9.17, 15) is 0 Å². The minimum absolute atomic E-state index is 0.405. The highest BCUT2D eigenvalue weighted by molar-refractivity contribution is 5.29. The van der Waals surface area contributed by atoms with Crippen molar-refractivity contribution in [1.29, 1.82) is 0 Å². The topological polar surface area (TPSA) is 12.0 Å². The Bertz CT molecular complexity index is 333. The summed E-state index contributed by atoms with van der Waals surface area (Å²) >= 11 is 0. The molecule has 94 valence electrons. The van der Waals surface area contributed by atoms with Crippen molar-refractivity contribution in [3.63, 3.8) is 0 Å². The van der Waals surface area contributed by atoms with E-state index in [0.717, 1.165) is 13.1 Å². The van der Waals surface area contributed by atoms with E-state index in [2.05, 4.69) is 43.4 Å². The molecular formula is C16H25N. The average Bonchev–Trinajstić information content (AvgIpc) is 2.38. The van der Waals surface area contributed by atoms with Gasteiger partial charge in [-0.2, -0.15) is 0 Å². The normalized spacial score (nSPS) is 19.2. The first-order chi connectivity index (χ1) is 8.27. The third-order valence-electron chi connectivity index (χ3n) is 4.19. The number of benzene rings is 1. The number of aryl methyl sites for hydroxylation is 1. The molecule has 1 aliphatic carbocycles. The minimum atomic E-state index is 0.405. The molecule has 0 atom stereocenters. The van der Waals surface area contributed by atoms with Gasteiger partial charge in [-0.25, -0.2) is 0 Å². The summed E-state index contributed by atoms with van der Waals surface area (Å²) in [5.41, 5.74) is 3.31. The van der Waals surface area contributed by atoms with E-state index in [1.807, 2.05) is 0 Å². The molecule has 0 spiro atoms. The van der Waals surface area contributed by atoms with E-state index in [0.29, 0.717) is 5.41 Å². The summed E-state index contributed by atoms with van der Waals surface area (Å²) < 4.78 is 0. The van der Waals surface area contributed by atoms with Gasteiger partial charge in [0.25, 0.3) is 0 Å². The second-order valence-electron chi connectivity index (χ2n) is 5.49. The molecule has 1 aliphatic rings. The highest BCUT2D eigenvalue weighted by Crippen LogP contribution is 2.39. The van der Waals surface area contributed by atoms with Crippen molar-refractivity contribution in [2.24, 2.45) is 0 Å². The van der Waals surface area contributed by atoms with Gasteiger partial charge in [0.1, 0.15) is 0 Å². The van der Waals surface area contributed by atoms with Crippen LogP contribution in [0.25, 0.3) is 0 Å². The zero-order valence-corrected chi connectivity index (χ0v) is 11.3. The Morgan fingerprint density at radius 3 is 2.29 bits per heavy atom. The van der Waals surface area contributed by atoms with Gasteiger partial charge in [-0.3, -0.25) is 0 Å². The largest absolute Gasteiger partial charge is 0.316 e. The smallest absolute Gasteiger partial charge is 0.00777 e. The number of likely N-dealkylation sites (N-methyl/N-ethyl adjacent to an activating group) is 1. The van der Waals surface area contributed by atoms with Crippen LogP contribution in [0, 0.1) is 6.92 Å². The van der Waals surface area contributed by atoms with E-state index >= 15 is 0 Å². The third-order valence-corrected chi connectivity index (χ3v) is 4.19. The lowest BCUT2D eigenvalue weighted by Crippen LogP contribution is -2.39. The van der Waals surface area contributed by atoms with Crippen LogP contribution < -0.4 is 5.32 Å². The molecule has 0 bridgehead atoms. The van der Waals surface area contributed by atoms with Crippen molar-refractivity contribution in [2.75, 3.05) is 13.1 Å². The fraction of sp³-hybridized carbons (Fsp3) is 0.625. The van der Waals surface area contributed by atoms with E-state index in [1.165, 1.54) is 37.7 Å². The number of rotatable bonds is 4. The van der Waals surface area contributed by atoms with Crippen molar-refractivity contribution in [3.8, 4) is 0 Å². The zero-order chi connectivity index (χ0) is 12.1. The van der Waals surface area contributed by atoms with Gasteiger partial charge in [-0.15, -0.1) is 0 Å². The molecule has 0 radical (unpaired) electrons. The van der Waals surface area contributed by atoms with Gasteiger partial charge < -0.3 is 5.32 Å². The lowest BCUT2D eigenvalue weighted by Gasteiger charge is -2.38. The zero-order valence-electron chi connectivity index (χ0n) is 11.3. The van der Waals surface area contributed by atoms with Crippen LogP contribution in [0.3, 0.4) is 0 Å². The maximum atomic E-state index is 3.57. The third kappa shape index (κ3) is 2.90. The van der Waals surface area contributed by atoms with Crippen LogP contribution in [0.15, 0.2) is 24.3 Å². The summed E-state index contributed by atoms with van der Waals surface area (Å²) in [6, 6.07) is 9.21. The predicted octanol–water partition coefficient (Wildman–Crippen LogP) is 3.81. The van der Waals surface area contributed by atoms with Gasteiger partial charge >= 0.3 is 0 Å². The second kappa shape index (κ2) is 5.68. The van der Waals surface area contributed by atoms with Crippen LogP contribution in [0.1, 0.15) is 50.2 Å². The molecule has 1 heteroatoms. The monoisotopic (exact) mass is 231 g/mol. The molecule has 1 fully saturated rings. The standard InChI is InChI=1S/C16H25N/c1-3-17-13-16(11-5-4-6-12-16)15-9-7-14(2)8-10-15/h7-10,17H,3-6,11-13H2,1-2H3. The molecule has 1 aromatic rings. The lowest BCUT2D eigenvalue weighted by atomic mass is 9.69. The van der Waals surface area contributed by atoms with Gasteiger partial charge in [-0.1, -0.05) is 56.0 Å². The van der Waals surface area contributed by atoms with Gasteiger partial charge in [-0.05, 0) is 31.9 Å². The predicted molar refractivity (Wildman–Crippen MR) is 74.5 cm³/mol. The SMILES string of the molecule is CCNCC1(c2ccc(C)cc2)CCCCC1. The Kier molecular flexibility index (Phi) is 4.22. The molecule has 0 heterocycles. The molecule has 17 heavy (non-hydrogen) atoms. The Morgan fingerprint density at radius 1 is 1.06 bits per heavy atom. The van der Waals surface area contributed by atoms with E-state index < -0.39 is 0 Å². The van der Waals surface area contributed by atoms with Gasteiger partial charge in [0.2, 0.25) is 0 Å². The van der Waals surface area contributed by atoms with Crippen LogP contribution in [-0.2, 0) is 5.41 Å². The molecule has 1 saturated carbocycles. The highest BCUT2D eigenvalue weighted by Gasteiger charge is 2.33.